The molecule has 1 N–H and O–H groups in total. The predicted octanol–water partition coefficient (Wildman–Crippen LogP) is 5.40. The van der Waals surface area contributed by atoms with Crippen LogP contribution in [-0.4, -0.2) is 16.7 Å². The quantitative estimate of drug-likeness (QED) is 0.361. The predicted molar refractivity (Wildman–Crippen MR) is 128 cm³/mol. The topological polar surface area (TPSA) is 89.3 Å². The Kier molecular flexibility index (Phi) is 5.38. The van der Waals surface area contributed by atoms with Crippen LogP contribution >= 0.6 is 11.3 Å². The first-order chi connectivity index (χ1) is 16.1. The van der Waals surface area contributed by atoms with Crippen molar-refractivity contribution in [2.24, 2.45) is 0 Å². The number of hydrogen-bond donors (Lipinski definition) is 1. The van der Waals surface area contributed by atoms with E-state index in [4.69, 9.17) is 4.42 Å². The van der Waals surface area contributed by atoms with Crippen LogP contribution < -0.4 is 10.7 Å². The fourth-order valence-electron chi connectivity index (χ4n) is 3.41. The SMILES string of the molecule is O=C(Nc1nc(-c2ccccc2)c(C(=O)c2ccccc2)s1)c1cc(=O)c2ccccc2o1. The number of rotatable bonds is 5. The third kappa shape index (κ3) is 4.09. The number of hydrogen-bond acceptors (Lipinski definition) is 6. The summed E-state index contributed by atoms with van der Waals surface area (Å²) in [6.45, 7) is 0. The minimum Gasteiger partial charge on any atom is -0.451 e. The zero-order valence-corrected chi connectivity index (χ0v) is 18.0. The van der Waals surface area contributed by atoms with E-state index >= 15 is 0 Å². The summed E-state index contributed by atoms with van der Waals surface area (Å²) in [6, 6.07) is 26.0. The molecule has 0 aliphatic carbocycles. The maximum absolute atomic E-state index is 13.2. The summed E-state index contributed by atoms with van der Waals surface area (Å²) >= 11 is 1.08. The molecule has 0 spiro atoms. The molecule has 0 aliphatic heterocycles. The molecule has 0 atom stereocenters. The van der Waals surface area contributed by atoms with Crippen LogP contribution in [0.2, 0.25) is 0 Å². The number of amides is 1. The highest BCUT2D eigenvalue weighted by Gasteiger charge is 2.22. The van der Waals surface area contributed by atoms with Gasteiger partial charge >= 0.3 is 0 Å². The number of para-hydroxylation sites is 1. The van der Waals surface area contributed by atoms with Crippen LogP contribution in [0.3, 0.4) is 0 Å². The Hall–Kier alpha value is -4.36. The van der Waals surface area contributed by atoms with E-state index in [1.54, 1.807) is 48.5 Å². The zero-order valence-electron chi connectivity index (χ0n) is 17.1. The first-order valence-electron chi connectivity index (χ1n) is 10.1. The standard InChI is InChI=1S/C26H16N2O4S/c29-19-15-21(32-20-14-8-7-13-18(19)20)25(31)28-26-27-22(16-9-3-1-4-10-16)24(33-26)23(30)17-11-5-2-6-12-17/h1-15H,(H,27,28,31). The average molecular weight is 452 g/mol. The smallest absolute Gasteiger partial charge is 0.293 e. The van der Waals surface area contributed by atoms with Crippen LogP contribution in [0.15, 0.2) is 100 Å². The lowest BCUT2D eigenvalue weighted by atomic mass is 10.1. The number of benzene rings is 3. The lowest BCUT2D eigenvalue weighted by molar-refractivity contribution is 0.0996. The number of nitrogens with zero attached hydrogens (tertiary/aromatic N) is 1. The number of ketones is 1. The highest BCUT2D eigenvalue weighted by Crippen LogP contribution is 2.33. The first-order valence-corrected chi connectivity index (χ1v) is 10.9. The molecule has 6 nitrogen and oxygen atoms in total. The molecular formula is C26H16N2O4S. The minimum atomic E-state index is -0.620. The number of nitrogens with one attached hydrogen (secondary N) is 1. The van der Waals surface area contributed by atoms with Crippen molar-refractivity contribution in [3.8, 4) is 11.3 Å². The molecule has 0 saturated carbocycles. The second kappa shape index (κ2) is 8.64. The Bertz CT molecular complexity index is 1540. The van der Waals surface area contributed by atoms with Crippen molar-refractivity contribution in [3.05, 3.63) is 117 Å². The van der Waals surface area contributed by atoms with Crippen LogP contribution in [0.4, 0.5) is 5.13 Å². The highest BCUT2D eigenvalue weighted by molar-refractivity contribution is 7.18. The summed E-state index contributed by atoms with van der Waals surface area (Å²) in [5, 5.41) is 3.30. The van der Waals surface area contributed by atoms with Gasteiger partial charge in [-0.1, -0.05) is 84.1 Å². The van der Waals surface area contributed by atoms with Gasteiger partial charge in [-0.3, -0.25) is 19.7 Å². The summed E-state index contributed by atoms with van der Waals surface area (Å²) < 4.78 is 5.61. The van der Waals surface area contributed by atoms with Gasteiger partial charge in [-0.2, -0.15) is 0 Å². The van der Waals surface area contributed by atoms with Gasteiger partial charge in [-0.05, 0) is 12.1 Å². The van der Waals surface area contributed by atoms with E-state index < -0.39 is 5.91 Å². The molecule has 5 rings (SSSR count). The minimum absolute atomic E-state index is 0.133. The van der Waals surface area contributed by atoms with Crippen molar-refractivity contribution in [1.82, 2.24) is 4.98 Å². The molecule has 2 aromatic heterocycles. The number of anilines is 1. The lowest BCUT2D eigenvalue weighted by Crippen LogP contribution is -2.14. The van der Waals surface area contributed by atoms with Crippen LogP contribution in [0.25, 0.3) is 22.2 Å². The number of aromatic nitrogens is 1. The first kappa shape index (κ1) is 20.5. The van der Waals surface area contributed by atoms with Crippen LogP contribution in [0.5, 0.6) is 0 Å². The van der Waals surface area contributed by atoms with E-state index in [1.807, 2.05) is 36.4 Å². The normalized spacial score (nSPS) is 10.8. The maximum Gasteiger partial charge on any atom is 0.293 e. The van der Waals surface area contributed by atoms with Crippen molar-refractivity contribution in [3.63, 3.8) is 0 Å². The van der Waals surface area contributed by atoms with Crippen molar-refractivity contribution >= 4 is 39.1 Å². The van der Waals surface area contributed by atoms with E-state index in [9.17, 15) is 14.4 Å². The lowest BCUT2D eigenvalue weighted by Gasteiger charge is -2.02. The Morgan fingerprint density at radius 2 is 1.52 bits per heavy atom. The number of fused-ring (bicyclic) bond motifs is 1. The second-order valence-electron chi connectivity index (χ2n) is 7.18. The monoisotopic (exact) mass is 452 g/mol. The summed E-state index contributed by atoms with van der Waals surface area (Å²) in [4.78, 5) is 43.3. The molecule has 33 heavy (non-hydrogen) atoms. The Morgan fingerprint density at radius 3 is 2.27 bits per heavy atom. The van der Waals surface area contributed by atoms with Gasteiger partial charge in [0.15, 0.2) is 16.3 Å². The van der Waals surface area contributed by atoms with Gasteiger partial charge in [0.2, 0.25) is 5.78 Å². The molecule has 0 fully saturated rings. The Labute approximate surface area is 192 Å². The Balaban J connectivity index is 1.52. The van der Waals surface area contributed by atoms with Crippen LogP contribution in [0, 0.1) is 0 Å². The molecule has 0 saturated heterocycles. The van der Waals surface area contributed by atoms with Gasteiger partial charge < -0.3 is 4.42 Å². The molecule has 5 aromatic rings. The third-order valence-electron chi connectivity index (χ3n) is 5.00. The second-order valence-corrected chi connectivity index (χ2v) is 8.18. The van der Waals surface area contributed by atoms with E-state index in [-0.39, 0.29) is 22.1 Å². The third-order valence-corrected chi connectivity index (χ3v) is 5.97. The molecule has 3 aromatic carbocycles. The molecular weight excluding hydrogens is 436 g/mol. The molecule has 160 valence electrons. The van der Waals surface area contributed by atoms with E-state index in [0.29, 0.717) is 27.1 Å². The molecule has 2 heterocycles. The van der Waals surface area contributed by atoms with Crippen LogP contribution in [-0.2, 0) is 0 Å². The largest absolute Gasteiger partial charge is 0.451 e. The molecule has 0 bridgehead atoms. The number of thiazole rings is 1. The summed E-state index contributed by atoms with van der Waals surface area (Å²) in [6.07, 6.45) is 0. The van der Waals surface area contributed by atoms with Crippen molar-refractivity contribution < 1.29 is 14.0 Å². The fraction of sp³-hybridized carbons (Fsp3) is 0. The highest BCUT2D eigenvalue weighted by atomic mass is 32.1. The van der Waals surface area contributed by atoms with Gasteiger partial charge in [0.05, 0.1) is 11.1 Å². The molecule has 0 unspecified atom stereocenters. The van der Waals surface area contributed by atoms with Gasteiger partial charge in [-0.25, -0.2) is 4.98 Å². The molecule has 7 heteroatoms. The maximum atomic E-state index is 13.2. The Morgan fingerprint density at radius 1 is 0.848 bits per heavy atom. The van der Waals surface area contributed by atoms with E-state index in [1.165, 1.54) is 0 Å². The van der Waals surface area contributed by atoms with E-state index in [2.05, 4.69) is 10.3 Å². The van der Waals surface area contributed by atoms with Gasteiger partial charge in [0.1, 0.15) is 10.5 Å². The molecule has 1 amide bonds. The summed E-state index contributed by atoms with van der Waals surface area (Å²) in [5.41, 5.74) is 1.76. The summed E-state index contributed by atoms with van der Waals surface area (Å²) in [5.74, 6) is -0.944. The van der Waals surface area contributed by atoms with Gasteiger partial charge in [0, 0.05) is 17.2 Å². The van der Waals surface area contributed by atoms with Crippen molar-refractivity contribution in [1.29, 1.82) is 0 Å². The number of carbonyl (C=O) groups excluding carboxylic acids is 2. The zero-order chi connectivity index (χ0) is 22.8. The fourth-order valence-corrected chi connectivity index (χ4v) is 4.36. The average Bonchev–Trinajstić information content (AvgIpc) is 3.28. The van der Waals surface area contributed by atoms with Crippen molar-refractivity contribution in [2.75, 3.05) is 5.32 Å². The van der Waals surface area contributed by atoms with Gasteiger partial charge in [-0.15, -0.1) is 0 Å². The van der Waals surface area contributed by atoms with Crippen LogP contribution in [0.1, 0.15) is 25.8 Å². The summed E-state index contributed by atoms with van der Waals surface area (Å²) in [7, 11) is 0. The molecule has 0 radical (unpaired) electrons. The van der Waals surface area contributed by atoms with E-state index in [0.717, 1.165) is 23.0 Å². The van der Waals surface area contributed by atoms with Gasteiger partial charge in [0.25, 0.3) is 5.91 Å². The number of carbonyl (C=O) groups is 2. The molecule has 0 aliphatic rings. The van der Waals surface area contributed by atoms with Crippen molar-refractivity contribution in [2.45, 2.75) is 0 Å².